The molecule has 1 N–H and O–H groups in total. The Balaban J connectivity index is 0.000000595. The van der Waals surface area contributed by atoms with Crippen molar-refractivity contribution in [2.24, 2.45) is 0 Å². The number of aromatic nitrogens is 1. The van der Waals surface area contributed by atoms with Crippen LogP contribution in [0.4, 0.5) is 17.4 Å². The fraction of sp³-hybridized carbons (Fsp3) is 0.286. The van der Waals surface area contributed by atoms with E-state index in [0.717, 1.165) is 18.9 Å². The third-order valence-electron chi connectivity index (χ3n) is 3.62. The summed E-state index contributed by atoms with van der Waals surface area (Å²) in [5.41, 5.74) is -1.10. The monoisotopic (exact) mass is 328 g/mol. The number of rotatable bonds is 2. The van der Waals surface area contributed by atoms with Crippen LogP contribution in [0.2, 0.25) is 0 Å². The molecular formula is C14H11BF4NO3. The Morgan fingerprint density at radius 3 is 2.39 bits per heavy atom. The number of hydrogen-bond acceptors (Lipinski definition) is 2. The van der Waals surface area contributed by atoms with Gasteiger partial charge in [-0.25, -0.2) is 13.6 Å². The number of benzene rings is 1. The molecule has 23 heavy (non-hydrogen) atoms. The number of hydrogen-bond donors (Lipinski definition) is 1. The second-order valence-corrected chi connectivity index (χ2v) is 5.09. The van der Waals surface area contributed by atoms with Crippen molar-refractivity contribution in [1.82, 2.24) is 4.57 Å². The third-order valence-corrected chi connectivity index (χ3v) is 3.62. The zero-order valence-electron chi connectivity index (χ0n) is 11.9. The first-order chi connectivity index (χ1) is 10.8. The Bertz CT molecular complexity index is 833. The highest BCUT2D eigenvalue weighted by molar-refractivity contribution is 6.15. The largest absolute Gasteiger partial charge is 0.577 e. The van der Waals surface area contributed by atoms with Crippen molar-refractivity contribution in [1.29, 1.82) is 0 Å². The molecule has 1 aliphatic rings. The van der Waals surface area contributed by atoms with Gasteiger partial charge >= 0.3 is 13.8 Å². The number of carbonyl (C=O) groups is 1. The average Bonchev–Trinajstić information content (AvgIpc) is 3.30. The normalized spacial score (nSPS) is 13.4. The number of nitrogens with zero attached hydrogens (tertiary/aromatic N) is 1. The molecule has 0 spiro atoms. The molecule has 1 aromatic heterocycles. The van der Waals surface area contributed by atoms with E-state index in [2.05, 4.69) is 0 Å². The quantitative estimate of drug-likeness (QED) is 0.681. The summed E-state index contributed by atoms with van der Waals surface area (Å²) >= 11 is 0. The van der Waals surface area contributed by atoms with Crippen molar-refractivity contribution >= 4 is 24.7 Å². The topological polar surface area (TPSA) is 59.3 Å². The van der Waals surface area contributed by atoms with Crippen molar-refractivity contribution < 1.29 is 27.3 Å². The van der Waals surface area contributed by atoms with Gasteiger partial charge in [-0.2, -0.15) is 0 Å². The summed E-state index contributed by atoms with van der Waals surface area (Å²) in [5, 5.41) is 9.03. The van der Waals surface area contributed by atoms with Gasteiger partial charge in [0.25, 0.3) is 0 Å². The zero-order chi connectivity index (χ0) is 17.3. The van der Waals surface area contributed by atoms with Crippen LogP contribution in [0.1, 0.15) is 34.8 Å². The number of aromatic carboxylic acids is 1. The minimum Gasteiger partial charge on any atom is -0.477 e. The van der Waals surface area contributed by atoms with Crippen LogP contribution in [0.5, 0.6) is 0 Å². The van der Waals surface area contributed by atoms with Gasteiger partial charge in [-0.1, -0.05) is 0 Å². The lowest BCUT2D eigenvalue weighted by Crippen LogP contribution is -2.20. The molecule has 1 saturated carbocycles. The number of fused-ring (bicyclic) bond motifs is 1. The number of carboxylic acids is 1. The summed E-state index contributed by atoms with van der Waals surface area (Å²) < 4.78 is 47.8. The fourth-order valence-electron chi connectivity index (χ4n) is 2.44. The van der Waals surface area contributed by atoms with Gasteiger partial charge in [0.05, 0.1) is 10.9 Å². The lowest BCUT2D eigenvalue weighted by atomic mass is 10.1. The van der Waals surface area contributed by atoms with Gasteiger partial charge < -0.3 is 9.67 Å². The molecule has 2 aromatic rings. The molecule has 1 heterocycles. The second-order valence-electron chi connectivity index (χ2n) is 5.09. The molecule has 0 saturated heterocycles. The standard InChI is InChI=1S/C14H11F2NO3.BF2/c1-6-11-10(4-9(15)12(6)16)17(7-2-3-7)5-8(13(11)18)14(19)20;2-1-3/h4-5,7H,2-3H2,1H3,(H,19,20);. The maximum absolute atomic E-state index is 13.7. The molecule has 0 bridgehead atoms. The Morgan fingerprint density at radius 2 is 1.91 bits per heavy atom. The Morgan fingerprint density at radius 1 is 1.35 bits per heavy atom. The molecular weight excluding hydrogens is 317 g/mol. The molecule has 1 aliphatic carbocycles. The summed E-state index contributed by atoms with van der Waals surface area (Å²) in [6.07, 6.45) is 2.88. The van der Waals surface area contributed by atoms with Crippen LogP contribution in [0.15, 0.2) is 17.1 Å². The minimum absolute atomic E-state index is 0.0421. The lowest BCUT2D eigenvalue weighted by molar-refractivity contribution is 0.0695. The van der Waals surface area contributed by atoms with E-state index in [4.69, 9.17) is 5.11 Å². The van der Waals surface area contributed by atoms with Crippen LogP contribution >= 0.6 is 0 Å². The van der Waals surface area contributed by atoms with Crippen molar-refractivity contribution in [3.63, 3.8) is 0 Å². The summed E-state index contributed by atoms with van der Waals surface area (Å²) in [6, 6.07) is 1.00. The molecule has 4 nitrogen and oxygen atoms in total. The van der Waals surface area contributed by atoms with Crippen molar-refractivity contribution in [3.05, 3.63) is 45.2 Å². The molecule has 0 unspecified atom stereocenters. The number of carboxylic acid groups (broad SMARTS) is 1. The van der Waals surface area contributed by atoms with Gasteiger partial charge in [0.15, 0.2) is 11.6 Å². The van der Waals surface area contributed by atoms with Gasteiger partial charge in [-0.3, -0.25) is 13.4 Å². The number of aryl methyl sites for hydroxylation is 1. The zero-order valence-corrected chi connectivity index (χ0v) is 11.9. The van der Waals surface area contributed by atoms with Crippen LogP contribution < -0.4 is 5.43 Å². The molecule has 3 rings (SSSR count). The van der Waals surface area contributed by atoms with Crippen LogP contribution in [-0.2, 0) is 0 Å². The summed E-state index contributed by atoms with van der Waals surface area (Å²) in [7, 11) is -1.00. The molecule has 0 aliphatic heterocycles. The van der Waals surface area contributed by atoms with Crippen molar-refractivity contribution in [2.45, 2.75) is 25.8 Å². The number of pyridine rings is 1. The molecule has 1 radical (unpaired) electrons. The number of halogens is 4. The highest BCUT2D eigenvalue weighted by Gasteiger charge is 2.28. The Labute approximate surface area is 128 Å². The summed E-state index contributed by atoms with van der Waals surface area (Å²) in [5.74, 6) is -3.51. The highest BCUT2D eigenvalue weighted by Crippen LogP contribution is 2.37. The SMILES string of the molecule is Cc1c(F)c(F)cc2c1c(=O)c(C(=O)O)cn2C1CC1.F[B]F. The molecule has 0 atom stereocenters. The predicted molar refractivity (Wildman–Crippen MR) is 76.1 cm³/mol. The van der Waals surface area contributed by atoms with Gasteiger partial charge in [0, 0.05) is 23.9 Å². The molecule has 121 valence electrons. The Hall–Kier alpha value is -2.32. The van der Waals surface area contributed by atoms with E-state index in [1.165, 1.54) is 13.1 Å². The van der Waals surface area contributed by atoms with Crippen molar-refractivity contribution in [2.75, 3.05) is 0 Å². The van der Waals surface area contributed by atoms with E-state index < -0.39 is 36.4 Å². The lowest BCUT2D eigenvalue weighted by Gasteiger charge is -2.13. The van der Waals surface area contributed by atoms with Crippen LogP contribution in [0.25, 0.3) is 10.9 Å². The fourth-order valence-corrected chi connectivity index (χ4v) is 2.44. The van der Waals surface area contributed by atoms with E-state index in [1.807, 2.05) is 0 Å². The summed E-state index contributed by atoms with van der Waals surface area (Å²) in [4.78, 5) is 23.3. The molecule has 1 fully saturated rings. The van der Waals surface area contributed by atoms with Crippen LogP contribution in [0.3, 0.4) is 0 Å². The average molecular weight is 328 g/mol. The van der Waals surface area contributed by atoms with E-state index in [-0.39, 0.29) is 22.5 Å². The van der Waals surface area contributed by atoms with E-state index in [1.54, 1.807) is 4.57 Å². The maximum atomic E-state index is 13.7. The van der Waals surface area contributed by atoms with Gasteiger partial charge in [0.1, 0.15) is 5.56 Å². The van der Waals surface area contributed by atoms with E-state index >= 15 is 0 Å². The van der Waals surface area contributed by atoms with Crippen molar-refractivity contribution in [3.8, 4) is 0 Å². The first-order valence-corrected chi connectivity index (χ1v) is 6.62. The summed E-state index contributed by atoms with van der Waals surface area (Å²) in [6.45, 7) is 1.28. The van der Waals surface area contributed by atoms with E-state index in [0.29, 0.717) is 0 Å². The van der Waals surface area contributed by atoms with Crippen LogP contribution in [0, 0.1) is 18.6 Å². The molecule has 1 aromatic carbocycles. The first-order valence-electron chi connectivity index (χ1n) is 6.62. The first kappa shape index (κ1) is 17.0. The van der Waals surface area contributed by atoms with Gasteiger partial charge in [-0.05, 0) is 19.8 Å². The third kappa shape index (κ3) is 3.08. The molecule has 0 amide bonds. The minimum atomic E-state index is -1.37. The molecule has 9 heteroatoms. The van der Waals surface area contributed by atoms with Gasteiger partial charge in [-0.15, -0.1) is 0 Å². The van der Waals surface area contributed by atoms with E-state index in [9.17, 15) is 27.0 Å². The predicted octanol–water partition coefficient (Wildman–Crippen LogP) is 3.08. The second kappa shape index (κ2) is 6.43. The van der Waals surface area contributed by atoms with Crippen LogP contribution in [-0.4, -0.2) is 23.5 Å². The van der Waals surface area contributed by atoms with Gasteiger partial charge in [0.2, 0.25) is 5.43 Å². The highest BCUT2D eigenvalue weighted by atomic mass is 19.2. The Kier molecular flexibility index (Phi) is 4.77. The smallest absolute Gasteiger partial charge is 0.477 e. The maximum Gasteiger partial charge on any atom is 0.577 e.